The summed E-state index contributed by atoms with van der Waals surface area (Å²) in [7, 11) is 0. The normalized spacial score (nSPS) is 18.7. The largest absolute Gasteiger partial charge is 0.444 e. The third-order valence-electron chi connectivity index (χ3n) is 3.29. The molecule has 0 unspecified atom stereocenters. The third kappa shape index (κ3) is 4.11. The van der Waals surface area contributed by atoms with E-state index in [1.165, 1.54) is 0 Å². The van der Waals surface area contributed by atoms with Gasteiger partial charge < -0.3 is 14.6 Å². The highest BCUT2D eigenvalue weighted by Gasteiger charge is 2.42. The molecule has 1 aromatic heterocycles. The topological polar surface area (TPSA) is 69.0 Å². The predicted molar refractivity (Wildman–Crippen MR) is 71.0 cm³/mol. The molecular weight excluding hydrogens is 301 g/mol. The molecule has 2 heterocycles. The number of ether oxygens (including phenoxy) is 1. The van der Waals surface area contributed by atoms with Crippen LogP contribution in [0.4, 0.5) is 18.0 Å². The number of hydrogen-bond donors (Lipinski definition) is 1. The molecule has 0 radical (unpaired) electrons. The summed E-state index contributed by atoms with van der Waals surface area (Å²) in [5.74, 6) is -0.646. The molecule has 0 fully saturated rings. The Kier molecular flexibility index (Phi) is 4.35. The molecule has 124 valence electrons. The number of nitrogens with one attached hydrogen (secondary N) is 1. The first-order valence-electron chi connectivity index (χ1n) is 7.01. The second-order valence-electron chi connectivity index (χ2n) is 6.27. The molecule has 0 saturated carbocycles. The number of amides is 1. The van der Waals surface area contributed by atoms with Crippen LogP contribution in [0.5, 0.6) is 0 Å². The molecule has 0 aliphatic carbocycles. The minimum absolute atomic E-state index is 0.00597. The van der Waals surface area contributed by atoms with Gasteiger partial charge >= 0.3 is 12.3 Å². The third-order valence-corrected chi connectivity index (χ3v) is 3.29. The number of hydrogen-bond acceptors (Lipinski definition) is 4. The van der Waals surface area contributed by atoms with Gasteiger partial charge in [0.1, 0.15) is 11.4 Å². The summed E-state index contributed by atoms with van der Waals surface area (Å²) in [4.78, 5) is 11.6. The second-order valence-corrected chi connectivity index (χ2v) is 6.27. The molecule has 1 amide bonds. The Balaban J connectivity index is 1.96. The van der Waals surface area contributed by atoms with E-state index in [-0.39, 0.29) is 25.9 Å². The van der Waals surface area contributed by atoms with Crippen molar-refractivity contribution < 1.29 is 22.7 Å². The molecular formula is C13H19F3N4O2. The van der Waals surface area contributed by atoms with Crippen molar-refractivity contribution in [1.82, 2.24) is 20.1 Å². The van der Waals surface area contributed by atoms with Crippen LogP contribution < -0.4 is 5.32 Å². The Bertz CT molecular complexity index is 548. The maximum atomic E-state index is 12.7. The number of carbonyl (C=O) groups is 1. The number of carbonyl (C=O) groups excluding carboxylic acids is 1. The fourth-order valence-electron chi connectivity index (χ4n) is 2.26. The van der Waals surface area contributed by atoms with Crippen LogP contribution in [0.3, 0.4) is 0 Å². The highest BCUT2D eigenvalue weighted by atomic mass is 19.4. The van der Waals surface area contributed by atoms with Gasteiger partial charge in [0.25, 0.3) is 0 Å². The first kappa shape index (κ1) is 16.6. The SMILES string of the molecule is CC(C)(C)OC(=O)NCc1nnc2n1CC[C@@H](C(F)(F)F)C2. The Labute approximate surface area is 126 Å². The molecule has 6 nitrogen and oxygen atoms in total. The molecule has 2 rings (SSSR count). The number of alkyl carbamates (subject to hydrolysis) is 1. The van der Waals surface area contributed by atoms with Gasteiger partial charge in [-0.2, -0.15) is 13.2 Å². The van der Waals surface area contributed by atoms with E-state index in [1.807, 2.05) is 0 Å². The van der Waals surface area contributed by atoms with Gasteiger partial charge in [-0.3, -0.25) is 0 Å². The number of nitrogens with zero attached hydrogens (tertiary/aromatic N) is 3. The fraction of sp³-hybridized carbons (Fsp3) is 0.769. The Hall–Kier alpha value is -1.80. The Morgan fingerprint density at radius 2 is 2.05 bits per heavy atom. The van der Waals surface area contributed by atoms with Crippen LogP contribution in [0.25, 0.3) is 0 Å². The van der Waals surface area contributed by atoms with Gasteiger partial charge in [0.05, 0.1) is 12.5 Å². The first-order chi connectivity index (χ1) is 10.1. The fourth-order valence-corrected chi connectivity index (χ4v) is 2.26. The quantitative estimate of drug-likeness (QED) is 0.908. The molecule has 1 N–H and O–H groups in total. The van der Waals surface area contributed by atoms with E-state index in [0.717, 1.165) is 0 Å². The molecule has 1 aromatic rings. The lowest BCUT2D eigenvalue weighted by molar-refractivity contribution is -0.179. The van der Waals surface area contributed by atoms with E-state index in [9.17, 15) is 18.0 Å². The molecule has 0 aromatic carbocycles. The zero-order valence-corrected chi connectivity index (χ0v) is 12.7. The number of halogens is 3. The minimum Gasteiger partial charge on any atom is -0.444 e. The number of rotatable bonds is 2. The Morgan fingerprint density at radius 3 is 2.64 bits per heavy atom. The molecule has 1 aliphatic heterocycles. The van der Waals surface area contributed by atoms with Gasteiger partial charge in [0.15, 0.2) is 5.82 Å². The van der Waals surface area contributed by atoms with Crippen LogP contribution in [0, 0.1) is 5.92 Å². The zero-order chi connectivity index (χ0) is 16.5. The maximum absolute atomic E-state index is 12.7. The van der Waals surface area contributed by atoms with Crippen LogP contribution in [0.1, 0.15) is 38.8 Å². The molecule has 1 atom stereocenters. The van der Waals surface area contributed by atoms with Crippen molar-refractivity contribution in [2.45, 2.75) is 58.5 Å². The molecule has 9 heteroatoms. The highest BCUT2D eigenvalue weighted by molar-refractivity contribution is 5.67. The smallest absolute Gasteiger partial charge is 0.408 e. The van der Waals surface area contributed by atoms with Gasteiger partial charge in [-0.1, -0.05) is 0 Å². The summed E-state index contributed by atoms with van der Waals surface area (Å²) in [6.45, 7) is 5.48. The van der Waals surface area contributed by atoms with Crippen molar-refractivity contribution in [2.24, 2.45) is 5.92 Å². The lowest BCUT2D eigenvalue weighted by Gasteiger charge is -2.25. The van der Waals surface area contributed by atoms with E-state index in [2.05, 4.69) is 15.5 Å². The van der Waals surface area contributed by atoms with Gasteiger partial charge in [0.2, 0.25) is 0 Å². The van der Waals surface area contributed by atoms with Crippen molar-refractivity contribution in [2.75, 3.05) is 0 Å². The molecule has 0 spiro atoms. The van der Waals surface area contributed by atoms with Crippen LogP contribution in [-0.2, 0) is 24.2 Å². The lowest BCUT2D eigenvalue weighted by atomic mass is 9.97. The molecule has 0 bridgehead atoms. The summed E-state index contributed by atoms with van der Waals surface area (Å²) in [5.41, 5.74) is -0.617. The average Bonchev–Trinajstić information content (AvgIpc) is 2.75. The van der Waals surface area contributed by atoms with Crippen molar-refractivity contribution >= 4 is 6.09 Å². The van der Waals surface area contributed by atoms with E-state index < -0.39 is 23.8 Å². The summed E-state index contributed by atoms with van der Waals surface area (Å²) < 4.78 is 44.9. The van der Waals surface area contributed by atoms with Crippen LogP contribution in [0.2, 0.25) is 0 Å². The van der Waals surface area contributed by atoms with Gasteiger partial charge in [-0.15, -0.1) is 10.2 Å². The summed E-state index contributed by atoms with van der Waals surface area (Å²) in [6.07, 6.45) is -5.00. The van der Waals surface area contributed by atoms with Gasteiger partial charge in [-0.25, -0.2) is 4.79 Å². The second kappa shape index (κ2) is 5.77. The standard InChI is InChI=1S/C13H19F3N4O2/c1-12(2,3)22-11(21)17-7-10-19-18-9-6-8(13(14,15)16)4-5-20(9)10/h8H,4-7H2,1-3H3,(H,17,21)/t8-/m1/s1. The number of alkyl halides is 3. The molecule has 22 heavy (non-hydrogen) atoms. The average molecular weight is 320 g/mol. The zero-order valence-electron chi connectivity index (χ0n) is 12.7. The lowest BCUT2D eigenvalue weighted by Crippen LogP contribution is -2.34. The van der Waals surface area contributed by atoms with Crippen LogP contribution in [0.15, 0.2) is 0 Å². The number of fused-ring (bicyclic) bond motifs is 1. The van der Waals surface area contributed by atoms with E-state index in [0.29, 0.717) is 11.6 Å². The number of aromatic nitrogens is 3. The first-order valence-corrected chi connectivity index (χ1v) is 7.01. The summed E-state index contributed by atoms with van der Waals surface area (Å²) in [6, 6.07) is 0. The van der Waals surface area contributed by atoms with Crippen LogP contribution in [-0.4, -0.2) is 32.6 Å². The van der Waals surface area contributed by atoms with E-state index >= 15 is 0 Å². The summed E-state index contributed by atoms with van der Waals surface area (Å²) >= 11 is 0. The van der Waals surface area contributed by atoms with Crippen molar-refractivity contribution in [3.05, 3.63) is 11.6 Å². The Morgan fingerprint density at radius 1 is 1.36 bits per heavy atom. The van der Waals surface area contributed by atoms with Crippen molar-refractivity contribution in [3.63, 3.8) is 0 Å². The monoisotopic (exact) mass is 320 g/mol. The van der Waals surface area contributed by atoms with Crippen molar-refractivity contribution in [3.8, 4) is 0 Å². The van der Waals surface area contributed by atoms with Gasteiger partial charge in [0, 0.05) is 13.0 Å². The summed E-state index contributed by atoms with van der Waals surface area (Å²) in [5, 5.41) is 10.2. The van der Waals surface area contributed by atoms with Gasteiger partial charge in [-0.05, 0) is 27.2 Å². The molecule has 1 aliphatic rings. The highest BCUT2D eigenvalue weighted by Crippen LogP contribution is 2.34. The van der Waals surface area contributed by atoms with E-state index in [1.54, 1.807) is 25.3 Å². The maximum Gasteiger partial charge on any atom is 0.408 e. The molecule has 0 saturated heterocycles. The minimum atomic E-state index is -4.22. The van der Waals surface area contributed by atoms with Crippen molar-refractivity contribution in [1.29, 1.82) is 0 Å². The predicted octanol–water partition coefficient (Wildman–Crippen LogP) is 2.43. The van der Waals surface area contributed by atoms with E-state index in [4.69, 9.17) is 4.74 Å². The van der Waals surface area contributed by atoms with Crippen LogP contribution >= 0.6 is 0 Å².